The summed E-state index contributed by atoms with van der Waals surface area (Å²) in [5, 5.41) is 0. The number of hydrogen-bond acceptors (Lipinski definition) is 3. The van der Waals surface area contributed by atoms with Gasteiger partial charge in [-0.2, -0.15) is 0 Å². The van der Waals surface area contributed by atoms with Gasteiger partial charge in [-0.15, -0.1) is 0 Å². The fourth-order valence-electron chi connectivity index (χ4n) is 3.81. The standard InChI is InChI=1S/C16H19NO2/c1-19-15(18)16(5-6-16)13-9-11-3-2-7-17-8-4-12(10-13)14(11)17/h9-10H,2-8H2,1H3. The maximum absolute atomic E-state index is 12.0. The summed E-state index contributed by atoms with van der Waals surface area (Å²) in [6.07, 6.45) is 5.42. The summed E-state index contributed by atoms with van der Waals surface area (Å²) in [5.41, 5.74) is 5.26. The van der Waals surface area contributed by atoms with Crippen LogP contribution in [0.15, 0.2) is 12.1 Å². The molecule has 1 saturated carbocycles. The van der Waals surface area contributed by atoms with Crippen LogP contribution in [-0.4, -0.2) is 26.2 Å². The maximum atomic E-state index is 12.0. The third-order valence-electron chi connectivity index (χ3n) is 4.99. The van der Waals surface area contributed by atoms with Gasteiger partial charge in [-0.3, -0.25) is 4.79 Å². The number of anilines is 1. The first-order chi connectivity index (χ1) is 9.24. The molecule has 0 N–H and O–H groups in total. The van der Waals surface area contributed by atoms with Crippen LogP contribution in [0.2, 0.25) is 0 Å². The van der Waals surface area contributed by atoms with Crippen LogP contribution in [-0.2, 0) is 27.8 Å². The zero-order chi connectivity index (χ0) is 13.0. The van der Waals surface area contributed by atoms with Gasteiger partial charge in [0.1, 0.15) is 0 Å². The summed E-state index contributed by atoms with van der Waals surface area (Å²) in [6, 6.07) is 4.55. The zero-order valence-electron chi connectivity index (χ0n) is 11.4. The number of carbonyl (C=O) groups is 1. The van der Waals surface area contributed by atoms with E-state index >= 15 is 0 Å². The fraction of sp³-hybridized carbons (Fsp3) is 0.562. The fourth-order valence-corrected chi connectivity index (χ4v) is 3.81. The van der Waals surface area contributed by atoms with E-state index in [1.807, 2.05) is 0 Å². The predicted molar refractivity (Wildman–Crippen MR) is 73.6 cm³/mol. The molecule has 1 aromatic carbocycles. The molecule has 0 unspecified atom stereocenters. The Kier molecular flexibility index (Phi) is 2.23. The Bertz CT molecular complexity index is 560. The summed E-state index contributed by atoms with van der Waals surface area (Å²) >= 11 is 0. The minimum absolute atomic E-state index is 0.0506. The Morgan fingerprint density at radius 3 is 2.63 bits per heavy atom. The van der Waals surface area contributed by atoms with E-state index in [4.69, 9.17) is 4.74 Å². The molecule has 0 atom stereocenters. The van der Waals surface area contributed by atoms with Gasteiger partial charge in [0.2, 0.25) is 0 Å². The van der Waals surface area contributed by atoms with Gasteiger partial charge in [-0.1, -0.05) is 12.1 Å². The molecule has 2 aliphatic heterocycles. The molecule has 1 aliphatic carbocycles. The first-order valence-corrected chi connectivity index (χ1v) is 7.24. The molecule has 100 valence electrons. The lowest BCUT2D eigenvalue weighted by Gasteiger charge is -2.28. The molecule has 1 aromatic rings. The molecule has 3 heteroatoms. The molecule has 0 amide bonds. The van der Waals surface area contributed by atoms with Crippen molar-refractivity contribution in [2.45, 2.75) is 37.5 Å². The molecule has 19 heavy (non-hydrogen) atoms. The molecule has 3 aliphatic rings. The molecular formula is C16H19NO2. The Morgan fingerprint density at radius 2 is 1.95 bits per heavy atom. The van der Waals surface area contributed by atoms with E-state index < -0.39 is 0 Å². The second-order valence-corrected chi connectivity index (χ2v) is 6.06. The van der Waals surface area contributed by atoms with Crippen molar-refractivity contribution in [1.82, 2.24) is 0 Å². The number of aryl methyl sites for hydroxylation is 1. The number of rotatable bonds is 2. The normalized spacial score (nSPS) is 22.1. The quantitative estimate of drug-likeness (QED) is 0.761. The Hall–Kier alpha value is -1.51. The van der Waals surface area contributed by atoms with Gasteiger partial charge in [0, 0.05) is 18.8 Å². The van der Waals surface area contributed by atoms with Gasteiger partial charge in [0.15, 0.2) is 0 Å². The van der Waals surface area contributed by atoms with Crippen molar-refractivity contribution in [3.63, 3.8) is 0 Å². The largest absolute Gasteiger partial charge is 0.468 e. The lowest BCUT2D eigenvalue weighted by molar-refractivity contribution is -0.143. The van der Waals surface area contributed by atoms with Crippen LogP contribution in [0, 0.1) is 0 Å². The van der Waals surface area contributed by atoms with E-state index in [0.29, 0.717) is 0 Å². The molecule has 0 aromatic heterocycles. The van der Waals surface area contributed by atoms with Gasteiger partial charge in [-0.25, -0.2) is 0 Å². The molecular weight excluding hydrogens is 238 g/mol. The van der Waals surface area contributed by atoms with E-state index in [1.165, 1.54) is 42.5 Å². The van der Waals surface area contributed by atoms with Crippen LogP contribution in [0.4, 0.5) is 5.69 Å². The van der Waals surface area contributed by atoms with Gasteiger partial charge >= 0.3 is 5.97 Å². The minimum atomic E-state index is -0.314. The lowest BCUT2D eigenvalue weighted by atomic mass is 9.89. The average Bonchev–Trinajstić information content (AvgIpc) is 3.16. The molecule has 0 bridgehead atoms. The van der Waals surface area contributed by atoms with E-state index in [0.717, 1.165) is 32.2 Å². The van der Waals surface area contributed by atoms with Crippen molar-refractivity contribution in [1.29, 1.82) is 0 Å². The van der Waals surface area contributed by atoms with Crippen molar-refractivity contribution in [3.8, 4) is 0 Å². The van der Waals surface area contributed by atoms with E-state index in [-0.39, 0.29) is 11.4 Å². The molecule has 0 saturated heterocycles. The lowest BCUT2D eigenvalue weighted by Crippen LogP contribution is -2.27. The molecule has 4 rings (SSSR count). The number of nitrogens with zero attached hydrogens (tertiary/aromatic N) is 1. The number of ether oxygens (including phenoxy) is 1. The third kappa shape index (κ3) is 1.47. The number of carbonyl (C=O) groups excluding carboxylic acids is 1. The first-order valence-electron chi connectivity index (χ1n) is 7.24. The SMILES string of the molecule is COC(=O)C1(c2cc3c4c(c2)CCN4CCC3)CC1. The smallest absolute Gasteiger partial charge is 0.316 e. The molecule has 2 heterocycles. The van der Waals surface area contributed by atoms with Crippen LogP contribution in [0.5, 0.6) is 0 Å². The highest BCUT2D eigenvalue weighted by Crippen LogP contribution is 2.51. The summed E-state index contributed by atoms with van der Waals surface area (Å²) in [7, 11) is 1.50. The third-order valence-corrected chi connectivity index (χ3v) is 4.99. The average molecular weight is 257 g/mol. The zero-order valence-corrected chi connectivity index (χ0v) is 11.4. The van der Waals surface area contributed by atoms with Gasteiger partial charge in [-0.05, 0) is 48.8 Å². The Labute approximate surface area is 113 Å². The van der Waals surface area contributed by atoms with E-state index in [1.54, 1.807) is 0 Å². The first kappa shape index (κ1) is 11.3. The number of methoxy groups -OCH3 is 1. The van der Waals surface area contributed by atoms with Crippen LogP contribution in [0.3, 0.4) is 0 Å². The van der Waals surface area contributed by atoms with Crippen molar-refractivity contribution in [3.05, 3.63) is 28.8 Å². The topological polar surface area (TPSA) is 29.5 Å². The van der Waals surface area contributed by atoms with Crippen molar-refractivity contribution < 1.29 is 9.53 Å². The molecule has 0 radical (unpaired) electrons. The maximum Gasteiger partial charge on any atom is 0.316 e. The predicted octanol–water partition coefficient (Wildman–Crippen LogP) is 2.20. The van der Waals surface area contributed by atoms with Gasteiger partial charge in [0.05, 0.1) is 12.5 Å². The number of esters is 1. The van der Waals surface area contributed by atoms with E-state index in [9.17, 15) is 4.79 Å². The Morgan fingerprint density at radius 1 is 1.21 bits per heavy atom. The minimum Gasteiger partial charge on any atom is -0.468 e. The van der Waals surface area contributed by atoms with Gasteiger partial charge in [0.25, 0.3) is 0 Å². The van der Waals surface area contributed by atoms with Gasteiger partial charge < -0.3 is 9.64 Å². The highest BCUT2D eigenvalue weighted by atomic mass is 16.5. The highest BCUT2D eigenvalue weighted by Gasteiger charge is 2.53. The molecule has 0 spiro atoms. The summed E-state index contributed by atoms with van der Waals surface area (Å²) in [6.45, 7) is 2.35. The molecule has 1 fully saturated rings. The monoisotopic (exact) mass is 257 g/mol. The van der Waals surface area contributed by atoms with Crippen molar-refractivity contribution >= 4 is 11.7 Å². The van der Waals surface area contributed by atoms with E-state index in [2.05, 4.69) is 17.0 Å². The number of hydrogen-bond donors (Lipinski definition) is 0. The van der Waals surface area contributed by atoms with Crippen LogP contribution >= 0.6 is 0 Å². The van der Waals surface area contributed by atoms with Crippen LogP contribution < -0.4 is 4.90 Å². The number of benzene rings is 1. The molecule has 3 nitrogen and oxygen atoms in total. The second kappa shape index (κ2) is 3.75. The van der Waals surface area contributed by atoms with Crippen molar-refractivity contribution in [2.75, 3.05) is 25.1 Å². The summed E-state index contributed by atoms with van der Waals surface area (Å²) < 4.78 is 5.01. The Balaban J connectivity index is 1.82. The van der Waals surface area contributed by atoms with Crippen LogP contribution in [0.1, 0.15) is 36.0 Å². The van der Waals surface area contributed by atoms with Crippen molar-refractivity contribution in [2.24, 2.45) is 0 Å². The highest BCUT2D eigenvalue weighted by molar-refractivity contribution is 5.87. The second-order valence-electron chi connectivity index (χ2n) is 6.06. The van der Waals surface area contributed by atoms with Crippen LogP contribution in [0.25, 0.3) is 0 Å². The summed E-state index contributed by atoms with van der Waals surface area (Å²) in [4.78, 5) is 14.6. The summed E-state index contributed by atoms with van der Waals surface area (Å²) in [5.74, 6) is -0.0506.